The minimum absolute atomic E-state index is 0.0590. The summed E-state index contributed by atoms with van der Waals surface area (Å²) in [5.74, 6) is -0.794. The molecule has 10 heteroatoms. The molecular weight excluding hydrogens is 1120 g/mol. The molecule has 0 aliphatic rings. The van der Waals surface area contributed by atoms with E-state index in [4.69, 9.17) is 24.3 Å². The first-order chi connectivity index (χ1) is 43.8. The predicted octanol–water partition coefficient (Wildman–Crippen LogP) is 26.9. The van der Waals surface area contributed by atoms with Crippen molar-refractivity contribution in [1.82, 2.24) is 0 Å². The second-order valence-electron chi connectivity index (χ2n) is 28.0. The summed E-state index contributed by atoms with van der Waals surface area (Å²) in [6.07, 6.45) is 92.6. The third kappa shape index (κ3) is 75.9. The SMILES string of the molecule is CCCCCCCCCCCCCCCCCCCCCCCCCCCCCCCCCCCCCCCC(=O)OC(COC(=O)CCCCCCCCCCCCCCCCCCCCCCCCCCCCCCCCC)COP(=O)(O)OCCN. The molecule has 9 nitrogen and oxygen atoms in total. The minimum atomic E-state index is -4.39. The van der Waals surface area contributed by atoms with E-state index < -0.39 is 26.5 Å². The van der Waals surface area contributed by atoms with Gasteiger partial charge in [-0.25, -0.2) is 4.57 Å². The van der Waals surface area contributed by atoms with Crippen LogP contribution in [0.15, 0.2) is 0 Å². The second kappa shape index (κ2) is 76.0. The van der Waals surface area contributed by atoms with Crippen LogP contribution in [0.1, 0.15) is 463 Å². The van der Waals surface area contributed by atoms with Crippen LogP contribution in [-0.2, 0) is 32.7 Å². The predicted molar refractivity (Wildman–Crippen MR) is 386 cm³/mol. The van der Waals surface area contributed by atoms with Gasteiger partial charge in [-0.3, -0.25) is 18.6 Å². The van der Waals surface area contributed by atoms with E-state index >= 15 is 0 Å². The molecule has 2 unspecified atom stereocenters. The largest absolute Gasteiger partial charge is 0.472 e. The van der Waals surface area contributed by atoms with Gasteiger partial charge in [-0.2, -0.15) is 0 Å². The van der Waals surface area contributed by atoms with E-state index in [-0.39, 0.29) is 32.1 Å². The van der Waals surface area contributed by atoms with Crippen molar-refractivity contribution >= 4 is 19.8 Å². The summed E-state index contributed by atoms with van der Waals surface area (Å²) in [4.78, 5) is 35.5. The maximum Gasteiger partial charge on any atom is 0.472 e. The minimum Gasteiger partial charge on any atom is -0.462 e. The molecule has 0 rings (SSSR count). The fourth-order valence-corrected chi connectivity index (χ4v) is 13.8. The maximum absolute atomic E-state index is 12.8. The molecule has 0 saturated carbocycles. The van der Waals surface area contributed by atoms with Gasteiger partial charge in [-0.05, 0) is 12.8 Å². The Hall–Kier alpha value is -0.990. The highest BCUT2D eigenvalue weighted by Crippen LogP contribution is 2.43. The van der Waals surface area contributed by atoms with Crippen LogP contribution in [0.25, 0.3) is 0 Å². The number of carbonyl (C=O) groups is 2. The van der Waals surface area contributed by atoms with Crippen LogP contribution >= 0.6 is 7.82 Å². The van der Waals surface area contributed by atoms with Crippen molar-refractivity contribution in [2.75, 3.05) is 26.4 Å². The van der Waals surface area contributed by atoms with Crippen LogP contribution in [0.3, 0.4) is 0 Å². The van der Waals surface area contributed by atoms with Gasteiger partial charge in [0.25, 0.3) is 0 Å². The summed E-state index contributed by atoms with van der Waals surface area (Å²) in [5.41, 5.74) is 5.42. The van der Waals surface area contributed by atoms with E-state index in [0.717, 1.165) is 32.1 Å². The van der Waals surface area contributed by atoms with Crippen molar-refractivity contribution in [3.8, 4) is 0 Å². The molecule has 2 atom stereocenters. The summed E-state index contributed by atoms with van der Waals surface area (Å²) < 4.78 is 33.3. The van der Waals surface area contributed by atoms with Crippen LogP contribution in [0.5, 0.6) is 0 Å². The molecule has 3 N–H and O–H groups in total. The molecule has 532 valence electrons. The van der Waals surface area contributed by atoms with Gasteiger partial charge >= 0.3 is 19.8 Å². The number of hydrogen-bond donors (Lipinski definition) is 2. The van der Waals surface area contributed by atoms with E-state index in [9.17, 15) is 19.0 Å². The zero-order valence-electron chi connectivity index (χ0n) is 60.2. The van der Waals surface area contributed by atoms with Crippen molar-refractivity contribution in [2.24, 2.45) is 5.73 Å². The number of unbranched alkanes of at least 4 members (excludes halogenated alkanes) is 66. The number of carbonyl (C=O) groups excluding carboxylic acids is 2. The molecule has 0 amide bonds. The molecule has 0 aliphatic carbocycles. The molecule has 0 aromatic heterocycles. The van der Waals surface area contributed by atoms with E-state index in [2.05, 4.69) is 13.8 Å². The summed E-state index contributed by atoms with van der Waals surface area (Å²) in [6.45, 7) is 3.86. The first kappa shape index (κ1) is 88.0. The molecule has 0 aliphatic heterocycles. The lowest BCUT2D eigenvalue weighted by Gasteiger charge is -2.19. The smallest absolute Gasteiger partial charge is 0.462 e. The number of phosphoric ester groups is 1. The second-order valence-corrected chi connectivity index (χ2v) is 29.5. The van der Waals surface area contributed by atoms with E-state index in [1.54, 1.807) is 0 Å². The lowest BCUT2D eigenvalue weighted by molar-refractivity contribution is -0.161. The van der Waals surface area contributed by atoms with Gasteiger partial charge in [0, 0.05) is 19.4 Å². The summed E-state index contributed by atoms with van der Waals surface area (Å²) in [7, 11) is -4.39. The van der Waals surface area contributed by atoms with Crippen molar-refractivity contribution in [3.05, 3.63) is 0 Å². The fraction of sp³-hybridized carbons (Fsp3) is 0.975. The topological polar surface area (TPSA) is 134 Å². The Morgan fingerprint density at radius 3 is 0.685 bits per heavy atom. The Balaban J connectivity index is 3.72. The molecule has 0 aromatic carbocycles. The number of rotatable bonds is 79. The van der Waals surface area contributed by atoms with Gasteiger partial charge < -0.3 is 20.1 Å². The maximum atomic E-state index is 12.8. The number of ether oxygens (including phenoxy) is 2. The van der Waals surface area contributed by atoms with Gasteiger partial charge in [0.15, 0.2) is 6.10 Å². The van der Waals surface area contributed by atoms with Crippen LogP contribution in [0, 0.1) is 0 Å². The normalized spacial score (nSPS) is 12.7. The zero-order chi connectivity index (χ0) is 64.4. The molecule has 0 heterocycles. The van der Waals surface area contributed by atoms with Gasteiger partial charge in [0.05, 0.1) is 13.2 Å². The molecule has 0 aromatic rings. The molecular formula is C79H158NO8P. The van der Waals surface area contributed by atoms with Gasteiger partial charge in [0.2, 0.25) is 0 Å². The molecule has 89 heavy (non-hydrogen) atoms. The molecule has 0 spiro atoms. The average molecular weight is 1280 g/mol. The number of phosphoric acid groups is 1. The Morgan fingerprint density at radius 2 is 0.483 bits per heavy atom. The van der Waals surface area contributed by atoms with Crippen molar-refractivity contribution in [1.29, 1.82) is 0 Å². The van der Waals surface area contributed by atoms with E-state index in [0.29, 0.717) is 12.8 Å². The monoisotopic (exact) mass is 1280 g/mol. The van der Waals surface area contributed by atoms with Gasteiger partial charge in [-0.1, -0.05) is 438 Å². The highest BCUT2D eigenvalue weighted by atomic mass is 31.2. The Kier molecular flexibility index (Phi) is 75.2. The van der Waals surface area contributed by atoms with Gasteiger partial charge in [-0.15, -0.1) is 0 Å². The van der Waals surface area contributed by atoms with E-state index in [1.165, 1.54) is 398 Å². The lowest BCUT2D eigenvalue weighted by atomic mass is 10.0. The lowest BCUT2D eigenvalue weighted by Crippen LogP contribution is -2.29. The van der Waals surface area contributed by atoms with Crippen molar-refractivity contribution in [2.45, 2.75) is 469 Å². The molecule has 0 saturated heterocycles. The Labute approximate surface area is 556 Å². The van der Waals surface area contributed by atoms with Crippen LogP contribution in [0.4, 0.5) is 0 Å². The Bertz CT molecular complexity index is 1420. The molecule has 0 fully saturated rings. The average Bonchev–Trinajstić information content (AvgIpc) is 3.68. The first-order valence-electron chi connectivity index (χ1n) is 40.5. The number of hydrogen-bond acceptors (Lipinski definition) is 8. The highest BCUT2D eigenvalue weighted by molar-refractivity contribution is 7.47. The van der Waals surface area contributed by atoms with Crippen LogP contribution < -0.4 is 5.73 Å². The summed E-state index contributed by atoms with van der Waals surface area (Å²) in [5, 5.41) is 0. The fourth-order valence-electron chi connectivity index (χ4n) is 13.0. The molecule has 0 radical (unpaired) electrons. The summed E-state index contributed by atoms with van der Waals surface area (Å²) >= 11 is 0. The number of nitrogens with two attached hydrogens (primary N) is 1. The standard InChI is InChI=1S/C79H158NO8P/c1-3-5-7-9-11-13-15-17-19-21-23-25-27-29-31-33-35-36-37-38-39-40-42-44-46-48-50-52-54-56-58-60-62-64-66-68-70-72-79(82)88-77(76-87-89(83,84)86-74-73-80)75-85-78(81)71-69-67-65-63-61-59-57-55-53-51-49-47-45-43-41-34-32-30-28-26-24-22-20-18-16-14-12-10-8-6-4-2/h77H,3-76,80H2,1-2H3,(H,83,84). The number of esters is 2. The highest BCUT2D eigenvalue weighted by Gasteiger charge is 2.26. The molecule has 0 bridgehead atoms. The third-order valence-corrected chi connectivity index (χ3v) is 20.0. The van der Waals surface area contributed by atoms with Crippen molar-refractivity contribution in [3.63, 3.8) is 0 Å². The quantitative estimate of drug-likeness (QED) is 0.0347. The van der Waals surface area contributed by atoms with Gasteiger partial charge in [0.1, 0.15) is 6.61 Å². The van der Waals surface area contributed by atoms with E-state index in [1.807, 2.05) is 0 Å². The summed E-state index contributed by atoms with van der Waals surface area (Å²) in [6, 6.07) is 0. The Morgan fingerprint density at radius 1 is 0.292 bits per heavy atom. The van der Waals surface area contributed by atoms with Crippen LogP contribution in [-0.4, -0.2) is 49.3 Å². The van der Waals surface area contributed by atoms with Crippen molar-refractivity contribution < 1.29 is 37.6 Å². The zero-order valence-corrected chi connectivity index (χ0v) is 61.1. The third-order valence-electron chi connectivity index (χ3n) is 19.0. The van der Waals surface area contributed by atoms with Crippen LogP contribution in [0.2, 0.25) is 0 Å². The first-order valence-corrected chi connectivity index (χ1v) is 42.0.